The van der Waals surface area contributed by atoms with Crippen molar-refractivity contribution in [2.75, 3.05) is 6.61 Å². The highest BCUT2D eigenvalue weighted by Crippen LogP contribution is 2.20. The SMILES string of the molecule is N#C[C@@H](CO)NC(=O)c1cc(-c2ccc(Cl)cc2)nn(-c2cccc(F)c2)c1=O. The maximum atomic E-state index is 13.7. The van der Waals surface area contributed by atoms with Crippen LogP contribution in [0.1, 0.15) is 10.4 Å². The number of hydrogen-bond acceptors (Lipinski definition) is 5. The van der Waals surface area contributed by atoms with E-state index in [1.807, 2.05) is 0 Å². The third kappa shape index (κ3) is 4.48. The highest BCUT2D eigenvalue weighted by molar-refractivity contribution is 6.30. The second-order valence-electron chi connectivity index (χ2n) is 5.98. The number of hydrogen-bond donors (Lipinski definition) is 2. The van der Waals surface area contributed by atoms with Gasteiger partial charge in [0.05, 0.1) is 24.1 Å². The van der Waals surface area contributed by atoms with Crippen LogP contribution in [0, 0.1) is 17.1 Å². The van der Waals surface area contributed by atoms with E-state index in [2.05, 4.69) is 10.4 Å². The molecule has 0 radical (unpaired) electrons. The first-order chi connectivity index (χ1) is 13.9. The van der Waals surface area contributed by atoms with Crippen molar-refractivity contribution in [2.24, 2.45) is 0 Å². The van der Waals surface area contributed by atoms with E-state index in [0.29, 0.717) is 10.6 Å². The normalized spacial score (nSPS) is 11.5. The molecule has 0 fully saturated rings. The number of aliphatic hydroxyl groups excluding tert-OH is 1. The highest BCUT2D eigenvalue weighted by atomic mass is 35.5. The Balaban J connectivity index is 2.19. The van der Waals surface area contributed by atoms with Gasteiger partial charge in [-0.15, -0.1) is 0 Å². The number of nitrogens with one attached hydrogen (secondary N) is 1. The minimum Gasteiger partial charge on any atom is -0.393 e. The van der Waals surface area contributed by atoms with E-state index in [1.165, 1.54) is 24.3 Å². The fourth-order valence-electron chi connectivity index (χ4n) is 2.56. The number of carbonyl (C=O) groups excluding carboxylic acids is 1. The van der Waals surface area contributed by atoms with Crippen molar-refractivity contribution in [1.29, 1.82) is 5.26 Å². The van der Waals surface area contributed by atoms with Crippen molar-refractivity contribution in [3.8, 4) is 23.0 Å². The summed E-state index contributed by atoms with van der Waals surface area (Å²) in [6, 6.07) is 13.5. The molecule has 2 aromatic carbocycles. The summed E-state index contributed by atoms with van der Waals surface area (Å²) in [6.45, 7) is -0.616. The summed E-state index contributed by atoms with van der Waals surface area (Å²) in [4.78, 5) is 25.4. The van der Waals surface area contributed by atoms with E-state index in [9.17, 15) is 14.0 Å². The quantitative estimate of drug-likeness (QED) is 0.668. The fraction of sp³-hybridized carbons (Fsp3) is 0.100. The zero-order valence-electron chi connectivity index (χ0n) is 14.8. The van der Waals surface area contributed by atoms with Crippen LogP contribution in [-0.2, 0) is 0 Å². The summed E-state index contributed by atoms with van der Waals surface area (Å²) in [6.07, 6.45) is 0. The lowest BCUT2D eigenvalue weighted by Gasteiger charge is -2.12. The van der Waals surface area contributed by atoms with Crippen molar-refractivity contribution in [1.82, 2.24) is 15.1 Å². The van der Waals surface area contributed by atoms with Gasteiger partial charge >= 0.3 is 0 Å². The molecule has 1 atom stereocenters. The third-order valence-corrected chi connectivity index (χ3v) is 4.24. The molecule has 0 aliphatic rings. The summed E-state index contributed by atoms with van der Waals surface area (Å²) < 4.78 is 14.6. The van der Waals surface area contributed by atoms with Gasteiger partial charge in [0.2, 0.25) is 0 Å². The Labute approximate surface area is 169 Å². The number of carbonyl (C=O) groups is 1. The molecule has 1 aromatic heterocycles. The van der Waals surface area contributed by atoms with Crippen molar-refractivity contribution >= 4 is 17.5 Å². The second kappa shape index (κ2) is 8.65. The second-order valence-corrected chi connectivity index (χ2v) is 6.42. The van der Waals surface area contributed by atoms with Crippen molar-refractivity contribution < 1.29 is 14.3 Å². The van der Waals surface area contributed by atoms with Gasteiger partial charge in [0.15, 0.2) is 0 Å². The molecule has 0 spiro atoms. The molecule has 0 aliphatic carbocycles. The average molecular weight is 413 g/mol. The van der Waals surface area contributed by atoms with E-state index in [1.54, 1.807) is 30.3 Å². The van der Waals surface area contributed by atoms with Gasteiger partial charge in [-0.25, -0.2) is 4.39 Å². The van der Waals surface area contributed by atoms with Gasteiger partial charge < -0.3 is 10.4 Å². The highest BCUT2D eigenvalue weighted by Gasteiger charge is 2.20. The zero-order valence-corrected chi connectivity index (χ0v) is 15.6. The standard InChI is InChI=1S/C20H14ClFN4O3/c21-13-6-4-12(5-7-13)18-9-17(19(28)24-15(10-23)11-27)20(29)26(25-18)16-3-1-2-14(22)8-16/h1-9,15,27H,11H2,(H,24,28)/t15-/m0/s1. The Bertz CT molecular complexity index is 1160. The van der Waals surface area contributed by atoms with Crippen LogP contribution < -0.4 is 10.9 Å². The van der Waals surface area contributed by atoms with E-state index in [4.69, 9.17) is 22.0 Å². The Morgan fingerprint density at radius 1 is 1.28 bits per heavy atom. The van der Waals surface area contributed by atoms with Crippen LogP contribution in [0.25, 0.3) is 16.9 Å². The smallest absolute Gasteiger partial charge is 0.284 e. The molecule has 29 heavy (non-hydrogen) atoms. The Morgan fingerprint density at radius 2 is 2.00 bits per heavy atom. The topological polar surface area (TPSA) is 108 Å². The first-order valence-corrected chi connectivity index (χ1v) is 8.78. The van der Waals surface area contributed by atoms with Crippen LogP contribution in [0.15, 0.2) is 59.4 Å². The van der Waals surface area contributed by atoms with Crippen LogP contribution in [0.5, 0.6) is 0 Å². The lowest BCUT2D eigenvalue weighted by atomic mass is 10.1. The maximum Gasteiger partial charge on any atom is 0.284 e. The molecule has 1 heterocycles. The first-order valence-electron chi connectivity index (χ1n) is 8.40. The van der Waals surface area contributed by atoms with Gasteiger partial charge in [-0.05, 0) is 36.4 Å². The van der Waals surface area contributed by atoms with E-state index in [-0.39, 0.29) is 16.9 Å². The molecule has 9 heteroatoms. The van der Waals surface area contributed by atoms with E-state index >= 15 is 0 Å². The lowest BCUT2D eigenvalue weighted by Crippen LogP contribution is -2.40. The van der Waals surface area contributed by atoms with Crippen LogP contribution in [0.3, 0.4) is 0 Å². The first kappa shape index (κ1) is 20.2. The van der Waals surface area contributed by atoms with Gasteiger partial charge in [0.25, 0.3) is 11.5 Å². The van der Waals surface area contributed by atoms with Crippen LogP contribution in [0.4, 0.5) is 4.39 Å². The van der Waals surface area contributed by atoms with E-state index in [0.717, 1.165) is 10.7 Å². The number of amides is 1. The third-order valence-electron chi connectivity index (χ3n) is 3.99. The summed E-state index contributed by atoms with van der Waals surface area (Å²) in [5, 5.41) is 25.1. The molecular weight excluding hydrogens is 399 g/mol. The monoisotopic (exact) mass is 412 g/mol. The minimum absolute atomic E-state index is 0.124. The molecule has 1 amide bonds. The van der Waals surface area contributed by atoms with Crippen molar-refractivity contribution in [3.05, 3.63) is 81.4 Å². The Hall–Kier alpha value is -3.54. The van der Waals surface area contributed by atoms with Gasteiger partial charge in [0, 0.05) is 10.6 Å². The van der Waals surface area contributed by atoms with Gasteiger partial charge in [0.1, 0.15) is 17.4 Å². The molecule has 0 saturated heterocycles. The number of nitrogens with zero attached hydrogens (tertiary/aromatic N) is 3. The minimum atomic E-state index is -1.18. The van der Waals surface area contributed by atoms with Crippen LogP contribution in [-0.4, -0.2) is 33.4 Å². The summed E-state index contributed by atoms with van der Waals surface area (Å²) in [7, 11) is 0. The predicted octanol–water partition coefficient (Wildman–Crippen LogP) is 2.31. The molecule has 7 nitrogen and oxygen atoms in total. The molecule has 0 saturated carbocycles. The lowest BCUT2D eigenvalue weighted by molar-refractivity contribution is 0.0929. The molecule has 3 rings (SSSR count). The Kier molecular flexibility index (Phi) is 6.02. The van der Waals surface area contributed by atoms with Crippen LogP contribution >= 0.6 is 11.6 Å². The Morgan fingerprint density at radius 3 is 2.62 bits per heavy atom. The number of halogens is 2. The van der Waals surface area contributed by atoms with Crippen molar-refractivity contribution in [2.45, 2.75) is 6.04 Å². The number of benzene rings is 2. The average Bonchev–Trinajstić information content (AvgIpc) is 2.72. The molecule has 0 unspecified atom stereocenters. The van der Waals surface area contributed by atoms with Crippen LogP contribution in [0.2, 0.25) is 5.02 Å². The summed E-state index contributed by atoms with van der Waals surface area (Å²) in [5.41, 5.74) is -0.178. The van der Waals surface area contributed by atoms with Gasteiger partial charge in [-0.1, -0.05) is 29.8 Å². The molecule has 146 valence electrons. The number of aromatic nitrogens is 2. The molecule has 3 aromatic rings. The van der Waals surface area contributed by atoms with Gasteiger partial charge in [-0.2, -0.15) is 15.0 Å². The fourth-order valence-corrected chi connectivity index (χ4v) is 2.68. The summed E-state index contributed by atoms with van der Waals surface area (Å²) in [5.74, 6) is -1.44. The van der Waals surface area contributed by atoms with Gasteiger partial charge in [-0.3, -0.25) is 9.59 Å². The number of aliphatic hydroxyl groups is 1. The van der Waals surface area contributed by atoms with Crippen molar-refractivity contribution in [3.63, 3.8) is 0 Å². The molecule has 0 aliphatic heterocycles. The zero-order chi connectivity index (χ0) is 21.0. The summed E-state index contributed by atoms with van der Waals surface area (Å²) >= 11 is 5.90. The predicted molar refractivity (Wildman–Crippen MR) is 104 cm³/mol. The maximum absolute atomic E-state index is 13.7. The molecule has 0 bridgehead atoms. The largest absolute Gasteiger partial charge is 0.393 e. The van der Waals surface area contributed by atoms with E-state index < -0.39 is 29.9 Å². The molecule has 2 N–H and O–H groups in total. The number of nitriles is 1. The molecular formula is C20H14ClFN4O3. The number of rotatable bonds is 5.